The highest BCUT2D eigenvalue weighted by atomic mass is 31.2. The number of anilines is 2. The molecule has 9 atom stereocenters. The number of aliphatic hydroxyl groups excluding tert-OH is 1. The molecule has 0 spiro atoms. The molecule has 2 aliphatic rings. The summed E-state index contributed by atoms with van der Waals surface area (Å²) >= 11 is 0. The summed E-state index contributed by atoms with van der Waals surface area (Å²) < 4.78 is 70.9. The van der Waals surface area contributed by atoms with Crippen molar-refractivity contribution in [1.82, 2.24) is 39.7 Å². The summed E-state index contributed by atoms with van der Waals surface area (Å²) in [6, 6.07) is 6.16. The van der Waals surface area contributed by atoms with Crippen LogP contribution in [-0.2, 0) is 57.8 Å². The molecule has 2 aliphatic heterocycles. The molecule has 6 rings (SSSR count). The average molecular weight is 1040 g/mol. The summed E-state index contributed by atoms with van der Waals surface area (Å²) in [5.74, 6) is -1.27. The van der Waals surface area contributed by atoms with Crippen molar-refractivity contribution in [2.75, 3.05) is 31.2 Å². The van der Waals surface area contributed by atoms with Gasteiger partial charge in [0.05, 0.1) is 19.5 Å². The number of phosphoric ester groups is 2. The quantitative estimate of drug-likeness (QED) is 0.0113. The number of rotatable bonds is 21. The first-order valence-corrected chi connectivity index (χ1v) is 24.4. The zero-order valence-electron chi connectivity index (χ0n) is 38.0. The van der Waals surface area contributed by atoms with E-state index in [-0.39, 0.29) is 61.6 Å². The molecule has 386 valence electrons. The molecule has 0 bridgehead atoms. The van der Waals surface area contributed by atoms with Gasteiger partial charge in [-0.05, 0) is 57.2 Å². The van der Waals surface area contributed by atoms with Gasteiger partial charge in [-0.2, -0.15) is 4.98 Å². The van der Waals surface area contributed by atoms with Gasteiger partial charge in [-0.25, -0.2) is 43.3 Å². The third-order valence-electron chi connectivity index (χ3n) is 10.3. The number of nitrogen functional groups attached to an aromatic ring is 2. The van der Waals surface area contributed by atoms with Gasteiger partial charge >= 0.3 is 39.5 Å². The standard InChI is InChI=1S/C38H51N13O18P2/c1-38(2,3)68-37(56)46-22(6-4-5-12-42-36(55)62-15-20-7-9-21(10-8-20)48-49-41)34(53)67-30-25(66-33(29(30)52)51-19-45-28-31(40)43-18-44-32(28)51)17-64-71(60,61)69-23-14-27(50-13-11-26(39)47-35(50)54)65-24(23)16-63-70(57,58)59/h7-11,13,18-19,22-25,27,29-30,33,52H,4-6,12,14-17H2,1-3H3,(H,42,55)(H,46,56)(H,60,61)(H2,39,47,54)(H2,40,43,44)(H2,57,58,59)/t22?,23-,24+,25-,27+,29+,30+,33+/m0/s1. The van der Waals surface area contributed by atoms with Crippen molar-refractivity contribution < 1.29 is 80.6 Å². The number of hydrogen-bond acceptors (Lipinski definition) is 22. The Morgan fingerprint density at radius 2 is 1.73 bits per heavy atom. The predicted octanol–water partition coefficient (Wildman–Crippen LogP) is 2.25. The van der Waals surface area contributed by atoms with E-state index in [9.17, 15) is 48.1 Å². The topological polar surface area (TPSA) is 443 Å². The molecular formula is C38H51N13O18P2. The molecule has 1 aromatic carbocycles. The van der Waals surface area contributed by atoms with E-state index in [1.807, 2.05) is 0 Å². The van der Waals surface area contributed by atoms with Crippen LogP contribution in [0.25, 0.3) is 21.6 Å². The van der Waals surface area contributed by atoms with Gasteiger partial charge in [0.15, 0.2) is 23.8 Å². The van der Waals surface area contributed by atoms with Crippen LogP contribution in [-0.4, -0.2) is 129 Å². The van der Waals surface area contributed by atoms with E-state index in [1.165, 1.54) is 23.2 Å². The smallest absolute Gasteiger partial charge is 0.455 e. The highest BCUT2D eigenvalue weighted by molar-refractivity contribution is 7.47. The molecule has 5 heterocycles. The molecule has 2 saturated heterocycles. The summed E-state index contributed by atoms with van der Waals surface area (Å²) in [4.78, 5) is 100. The van der Waals surface area contributed by atoms with Gasteiger partial charge in [0.25, 0.3) is 0 Å². The number of aromatic nitrogens is 6. The molecule has 3 aromatic heterocycles. The van der Waals surface area contributed by atoms with Gasteiger partial charge in [0.2, 0.25) is 0 Å². The van der Waals surface area contributed by atoms with Gasteiger partial charge < -0.3 is 65.6 Å². The Morgan fingerprint density at radius 1 is 1.00 bits per heavy atom. The fraction of sp³-hybridized carbons (Fsp3) is 0.526. The van der Waals surface area contributed by atoms with Crippen molar-refractivity contribution in [2.24, 2.45) is 5.11 Å². The molecule has 2 amide bonds. The Morgan fingerprint density at radius 3 is 2.42 bits per heavy atom. The number of phosphoric acid groups is 2. The van der Waals surface area contributed by atoms with E-state index < -0.39 is 107 Å². The number of fused-ring (bicyclic) bond motifs is 1. The minimum atomic E-state index is -5.29. The zero-order valence-corrected chi connectivity index (χ0v) is 39.8. The Labute approximate surface area is 401 Å². The van der Waals surface area contributed by atoms with E-state index in [0.29, 0.717) is 11.3 Å². The summed E-state index contributed by atoms with van der Waals surface area (Å²) in [5.41, 5.74) is 19.4. The number of nitrogens with two attached hydrogens (primary N) is 2. The van der Waals surface area contributed by atoms with Crippen molar-refractivity contribution in [2.45, 2.75) is 108 Å². The van der Waals surface area contributed by atoms with Crippen molar-refractivity contribution >= 4 is 62.3 Å². The van der Waals surface area contributed by atoms with Gasteiger partial charge in [0.1, 0.15) is 66.6 Å². The molecule has 31 nitrogen and oxygen atoms in total. The number of aliphatic hydroxyl groups is 1. The fourth-order valence-electron chi connectivity index (χ4n) is 7.09. The maximum Gasteiger partial charge on any atom is 0.472 e. The molecular weight excluding hydrogens is 988 g/mol. The number of esters is 1. The second-order valence-corrected chi connectivity index (χ2v) is 19.3. The summed E-state index contributed by atoms with van der Waals surface area (Å²) in [6.07, 6.45) is -9.11. The lowest BCUT2D eigenvalue weighted by molar-refractivity contribution is -0.159. The molecule has 71 heavy (non-hydrogen) atoms. The molecule has 0 radical (unpaired) electrons. The lowest BCUT2D eigenvalue weighted by Gasteiger charge is -2.26. The Kier molecular flexibility index (Phi) is 17.7. The van der Waals surface area contributed by atoms with Gasteiger partial charge in [-0.1, -0.05) is 29.4 Å². The number of benzene rings is 1. The second-order valence-electron chi connectivity index (χ2n) is 16.7. The molecule has 2 fully saturated rings. The van der Waals surface area contributed by atoms with Gasteiger partial charge in [-0.3, -0.25) is 22.7 Å². The van der Waals surface area contributed by atoms with E-state index in [4.69, 9.17) is 49.7 Å². The van der Waals surface area contributed by atoms with Crippen LogP contribution in [0, 0.1) is 0 Å². The summed E-state index contributed by atoms with van der Waals surface area (Å²) in [6.45, 7) is 2.95. The minimum Gasteiger partial charge on any atom is -0.455 e. The minimum absolute atomic E-state index is 0.0269. The number of nitrogens with one attached hydrogen (secondary N) is 2. The lowest BCUT2D eigenvalue weighted by Crippen LogP contribution is -2.47. The van der Waals surface area contributed by atoms with Crippen LogP contribution < -0.4 is 27.8 Å². The third kappa shape index (κ3) is 15.3. The molecule has 10 N–H and O–H groups in total. The normalized spacial score (nSPS) is 22.5. The van der Waals surface area contributed by atoms with E-state index >= 15 is 0 Å². The number of alkyl carbamates (subject to hydrolysis) is 2. The maximum atomic E-state index is 14.1. The number of carbonyl (C=O) groups excluding carboxylic acids is 3. The number of unbranched alkanes of at least 4 members (excludes halogenated alkanes) is 1. The molecule has 33 heteroatoms. The highest BCUT2D eigenvalue weighted by Crippen LogP contribution is 2.50. The second kappa shape index (κ2) is 23.3. The monoisotopic (exact) mass is 1040 g/mol. The van der Waals surface area contributed by atoms with Crippen LogP contribution in [0.15, 0.2) is 59.1 Å². The molecule has 4 aromatic rings. The van der Waals surface area contributed by atoms with Crippen LogP contribution >= 0.6 is 15.6 Å². The largest absolute Gasteiger partial charge is 0.472 e. The maximum absolute atomic E-state index is 14.1. The van der Waals surface area contributed by atoms with Crippen molar-refractivity contribution in [3.63, 3.8) is 0 Å². The fourth-order valence-corrected chi connectivity index (χ4v) is 8.39. The number of azide groups is 1. The van der Waals surface area contributed by atoms with Crippen LogP contribution in [0.2, 0.25) is 0 Å². The number of hydrogen-bond donors (Lipinski definition) is 8. The number of nitrogens with zero attached hydrogens (tertiary/aromatic N) is 9. The molecule has 2 unspecified atom stereocenters. The summed E-state index contributed by atoms with van der Waals surface area (Å²) in [7, 11) is -10.4. The number of imidazole rings is 1. The Bertz CT molecular complexity index is 2730. The van der Waals surface area contributed by atoms with E-state index in [0.717, 1.165) is 10.9 Å². The number of carbonyl (C=O) groups is 3. The van der Waals surface area contributed by atoms with E-state index in [2.05, 4.69) is 45.1 Å². The first kappa shape index (κ1) is 54.0. The third-order valence-corrected chi connectivity index (χ3v) is 11.8. The molecule has 0 aliphatic carbocycles. The molecule has 0 saturated carbocycles. The van der Waals surface area contributed by atoms with Crippen molar-refractivity contribution in [1.29, 1.82) is 0 Å². The first-order chi connectivity index (χ1) is 33.5. The average Bonchev–Trinajstić information content (AvgIpc) is 3.98. The van der Waals surface area contributed by atoms with E-state index in [1.54, 1.807) is 45.0 Å². The van der Waals surface area contributed by atoms with Crippen LogP contribution in [0.3, 0.4) is 0 Å². The Hall–Kier alpha value is -6.33. The van der Waals surface area contributed by atoms with Gasteiger partial charge in [-0.15, -0.1) is 0 Å². The van der Waals surface area contributed by atoms with Gasteiger partial charge in [0, 0.05) is 29.8 Å². The SMILES string of the molecule is CC(C)(C)OC(=O)NC(CCCCNC(=O)OCc1ccc(N=[N+]=[N-])cc1)C(=O)O[C@H]1[C@@H](O)[C@H](n2cnc3c(N)ncnc32)O[C@H]1COP(=O)(O)O[C@H]1C[C@H](n2ccc(N)nc2=O)O[C@@H]1COP(=O)(O)O. The Balaban J connectivity index is 1.15. The summed E-state index contributed by atoms with van der Waals surface area (Å²) in [5, 5.41) is 20.3. The first-order valence-electron chi connectivity index (χ1n) is 21.4. The van der Waals surface area contributed by atoms with Crippen molar-refractivity contribution in [3.05, 3.63) is 75.7 Å². The van der Waals surface area contributed by atoms with Crippen LogP contribution in [0.1, 0.15) is 64.5 Å². The van der Waals surface area contributed by atoms with Crippen LogP contribution in [0.4, 0.5) is 26.9 Å². The zero-order chi connectivity index (χ0) is 51.7. The lowest BCUT2D eigenvalue weighted by atomic mass is 10.1. The number of amides is 2. The van der Waals surface area contributed by atoms with Crippen molar-refractivity contribution in [3.8, 4) is 0 Å². The van der Waals surface area contributed by atoms with Crippen LogP contribution in [0.5, 0.6) is 0 Å². The highest BCUT2D eigenvalue weighted by Gasteiger charge is 2.50. The number of ether oxygens (including phenoxy) is 5. The predicted molar refractivity (Wildman–Crippen MR) is 240 cm³/mol.